The van der Waals surface area contributed by atoms with Crippen LogP contribution < -0.4 is 10.6 Å². The molecule has 2 aromatic carbocycles. The zero-order valence-electron chi connectivity index (χ0n) is 17.1. The zero-order valence-corrected chi connectivity index (χ0v) is 17.9. The average Bonchev–Trinajstić information content (AvgIpc) is 2.72. The van der Waals surface area contributed by atoms with Crippen LogP contribution in [-0.2, 0) is 6.42 Å². The van der Waals surface area contributed by atoms with E-state index in [4.69, 9.17) is 11.6 Å². The van der Waals surface area contributed by atoms with Gasteiger partial charge in [0, 0.05) is 29.9 Å². The second kappa shape index (κ2) is 10.1. The molecular weight excluding hydrogens is 386 g/mol. The highest BCUT2D eigenvalue weighted by Crippen LogP contribution is 2.28. The number of urea groups is 1. The third kappa shape index (κ3) is 6.20. The number of rotatable bonds is 6. The molecular formula is C23H30ClN3O2. The van der Waals surface area contributed by atoms with Crippen molar-refractivity contribution in [1.29, 1.82) is 0 Å². The Bertz CT molecular complexity index is 817. The summed E-state index contributed by atoms with van der Waals surface area (Å²) in [4.78, 5) is 14.0. The summed E-state index contributed by atoms with van der Waals surface area (Å²) in [6.07, 6.45) is 2.67. The fraction of sp³-hybridized carbons (Fsp3) is 0.435. The number of aliphatic hydroxyl groups is 1. The third-order valence-corrected chi connectivity index (χ3v) is 5.87. The van der Waals surface area contributed by atoms with E-state index in [-0.39, 0.29) is 6.03 Å². The van der Waals surface area contributed by atoms with Gasteiger partial charge in [0.2, 0.25) is 0 Å². The third-order valence-electron chi connectivity index (χ3n) is 5.62. The number of carbonyl (C=O) groups excluding carboxylic acids is 1. The minimum absolute atomic E-state index is 0.287. The molecule has 1 aliphatic heterocycles. The van der Waals surface area contributed by atoms with Gasteiger partial charge in [-0.1, -0.05) is 41.4 Å². The summed E-state index contributed by atoms with van der Waals surface area (Å²) in [5.41, 5.74) is 3.80. The quantitative estimate of drug-likeness (QED) is 0.655. The topological polar surface area (TPSA) is 64.6 Å². The van der Waals surface area contributed by atoms with Gasteiger partial charge in [0.05, 0.1) is 6.10 Å². The summed E-state index contributed by atoms with van der Waals surface area (Å²) in [5.74, 6) is 0.661. The van der Waals surface area contributed by atoms with E-state index in [1.165, 1.54) is 5.56 Å². The maximum absolute atomic E-state index is 11.7. The van der Waals surface area contributed by atoms with Crippen LogP contribution in [0.3, 0.4) is 0 Å². The molecule has 0 spiro atoms. The first-order valence-electron chi connectivity index (χ1n) is 10.2. The number of anilines is 1. The van der Waals surface area contributed by atoms with E-state index in [1.54, 1.807) is 7.05 Å². The predicted octanol–water partition coefficient (Wildman–Crippen LogP) is 4.39. The molecule has 0 aromatic heterocycles. The molecule has 5 nitrogen and oxygen atoms in total. The van der Waals surface area contributed by atoms with Gasteiger partial charge < -0.3 is 20.6 Å². The minimum Gasteiger partial charge on any atom is -0.387 e. The maximum atomic E-state index is 11.7. The molecule has 0 saturated carbocycles. The van der Waals surface area contributed by atoms with Crippen LogP contribution in [0.25, 0.3) is 0 Å². The van der Waals surface area contributed by atoms with Crippen LogP contribution >= 0.6 is 11.6 Å². The first-order valence-corrected chi connectivity index (χ1v) is 10.6. The van der Waals surface area contributed by atoms with Gasteiger partial charge in [0.25, 0.3) is 0 Å². The Balaban J connectivity index is 1.55. The van der Waals surface area contributed by atoms with Gasteiger partial charge in [-0.2, -0.15) is 0 Å². The van der Waals surface area contributed by atoms with Gasteiger partial charge in [-0.3, -0.25) is 0 Å². The number of piperidine rings is 1. The van der Waals surface area contributed by atoms with Crippen LogP contribution in [0, 0.1) is 12.8 Å². The van der Waals surface area contributed by atoms with Crippen LogP contribution in [0.1, 0.15) is 35.6 Å². The summed E-state index contributed by atoms with van der Waals surface area (Å²) in [6, 6.07) is 13.6. The Labute approximate surface area is 178 Å². The number of nitrogens with zero attached hydrogens (tertiary/aromatic N) is 1. The SMILES string of the molecule is CNC(=O)Nc1ccc(C)cc1C(O)CN1CCC(Cc2ccc(Cl)cc2)CC1. The van der Waals surface area contributed by atoms with Gasteiger partial charge in [-0.25, -0.2) is 4.79 Å². The number of aliphatic hydroxyl groups excluding tert-OH is 1. The van der Waals surface area contributed by atoms with Gasteiger partial charge in [0.15, 0.2) is 0 Å². The zero-order chi connectivity index (χ0) is 20.8. The van der Waals surface area contributed by atoms with Crippen LogP contribution in [0.2, 0.25) is 5.02 Å². The van der Waals surface area contributed by atoms with Crippen LogP contribution in [0.5, 0.6) is 0 Å². The van der Waals surface area contributed by atoms with Crippen molar-refractivity contribution in [1.82, 2.24) is 10.2 Å². The summed E-state index contributed by atoms with van der Waals surface area (Å²) < 4.78 is 0. The van der Waals surface area contributed by atoms with E-state index >= 15 is 0 Å². The number of hydrogen-bond acceptors (Lipinski definition) is 3. The van der Waals surface area contributed by atoms with Crippen molar-refractivity contribution in [3.8, 4) is 0 Å². The Kier molecular flexibility index (Phi) is 7.53. The highest BCUT2D eigenvalue weighted by Gasteiger charge is 2.23. The molecule has 6 heteroatoms. The lowest BCUT2D eigenvalue weighted by Gasteiger charge is -2.33. The largest absolute Gasteiger partial charge is 0.387 e. The number of likely N-dealkylation sites (tertiary alicyclic amines) is 1. The fourth-order valence-electron chi connectivity index (χ4n) is 3.93. The lowest BCUT2D eigenvalue weighted by Crippen LogP contribution is -2.37. The molecule has 2 amide bonds. The molecule has 3 N–H and O–H groups in total. The summed E-state index contributed by atoms with van der Waals surface area (Å²) in [6.45, 7) is 4.50. The lowest BCUT2D eigenvalue weighted by atomic mass is 9.90. The second-order valence-corrected chi connectivity index (χ2v) is 8.32. The molecule has 29 heavy (non-hydrogen) atoms. The highest BCUT2D eigenvalue weighted by atomic mass is 35.5. The smallest absolute Gasteiger partial charge is 0.318 e. The molecule has 1 atom stereocenters. The number of benzene rings is 2. The number of halogens is 1. The predicted molar refractivity (Wildman–Crippen MR) is 119 cm³/mol. The maximum Gasteiger partial charge on any atom is 0.318 e. The van der Waals surface area contributed by atoms with Crippen molar-refractivity contribution < 1.29 is 9.90 Å². The van der Waals surface area contributed by atoms with E-state index < -0.39 is 6.10 Å². The number of aryl methyl sites for hydroxylation is 1. The summed E-state index contributed by atoms with van der Waals surface area (Å²) >= 11 is 5.97. The van der Waals surface area contributed by atoms with Crippen LogP contribution in [0.15, 0.2) is 42.5 Å². The molecule has 0 radical (unpaired) electrons. The number of hydrogen-bond donors (Lipinski definition) is 3. The summed E-state index contributed by atoms with van der Waals surface area (Å²) in [5, 5.41) is 17.0. The van der Waals surface area contributed by atoms with Gasteiger partial charge >= 0.3 is 6.03 Å². The van der Waals surface area contributed by atoms with Crippen molar-refractivity contribution in [2.75, 3.05) is 32.0 Å². The number of nitrogens with one attached hydrogen (secondary N) is 2. The Morgan fingerprint density at radius 1 is 1.21 bits per heavy atom. The molecule has 1 fully saturated rings. The molecule has 0 aliphatic carbocycles. The second-order valence-electron chi connectivity index (χ2n) is 7.89. The standard InChI is InChI=1S/C23H30ClN3O2/c1-16-3-8-21(26-23(29)25-2)20(13-16)22(28)15-27-11-9-18(10-12-27)14-17-4-6-19(24)7-5-17/h3-8,13,18,22,28H,9-12,14-15H2,1-2H3,(H2,25,26,29). The van der Waals surface area contributed by atoms with Gasteiger partial charge in [-0.15, -0.1) is 0 Å². The van der Waals surface area contributed by atoms with Gasteiger partial charge in [-0.05, 0) is 69.0 Å². The molecule has 1 aliphatic rings. The van der Waals surface area contributed by atoms with Crippen molar-refractivity contribution >= 4 is 23.3 Å². The highest BCUT2D eigenvalue weighted by molar-refractivity contribution is 6.30. The molecule has 2 aromatic rings. The van der Waals surface area contributed by atoms with Crippen molar-refractivity contribution in [2.45, 2.75) is 32.3 Å². The molecule has 1 saturated heterocycles. The number of amides is 2. The molecule has 1 unspecified atom stereocenters. The first kappa shape index (κ1) is 21.6. The fourth-order valence-corrected chi connectivity index (χ4v) is 4.05. The van der Waals surface area contributed by atoms with E-state index in [0.717, 1.165) is 48.5 Å². The van der Waals surface area contributed by atoms with Gasteiger partial charge in [0.1, 0.15) is 0 Å². The van der Waals surface area contributed by atoms with Crippen LogP contribution in [0.4, 0.5) is 10.5 Å². The molecule has 3 rings (SSSR count). The lowest BCUT2D eigenvalue weighted by molar-refractivity contribution is 0.0896. The van der Waals surface area contributed by atoms with Crippen molar-refractivity contribution in [3.63, 3.8) is 0 Å². The van der Waals surface area contributed by atoms with E-state index in [0.29, 0.717) is 18.2 Å². The molecule has 156 valence electrons. The van der Waals surface area contributed by atoms with Crippen molar-refractivity contribution in [2.24, 2.45) is 5.92 Å². The average molecular weight is 416 g/mol. The van der Waals surface area contributed by atoms with E-state index in [9.17, 15) is 9.90 Å². The molecule has 0 bridgehead atoms. The minimum atomic E-state index is -0.644. The Morgan fingerprint density at radius 2 is 1.90 bits per heavy atom. The monoisotopic (exact) mass is 415 g/mol. The Morgan fingerprint density at radius 3 is 2.55 bits per heavy atom. The van der Waals surface area contributed by atoms with Crippen molar-refractivity contribution in [3.05, 3.63) is 64.2 Å². The number of carbonyl (C=O) groups is 1. The first-order chi connectivity index (χ1) is 13.9. The summed E-state index contributed by atoms with van der Waals surface area (Å²) in [7, 11) is 1.58. The van der Waals surface area contributed by atoms with E-state index in [2.05, 4.69) is 27.7 Å². The molecule has 1 heterocycles. The number of β-amino-alcohol motifs (C(OH)–C–C–N with tert-alkyl or cyclic N) is 1. The normalized spacial score (nSPS) is 16.4. The van der Waals surface area contributed by atoms with Crippen LogP contribution in [-0.4, -0.2) is 42.7 Å². The Hall–Kier alpha value is -2.08. The van der Waals surface area contributed by atoms with E-state index in [1.807, 2.05) is 37.3 Å².